The highest BCUT2D eigenvalue weighted by Crippen LogP contribution is 2.20. The summed E-state index contributed by atoms with van der Waals surface area (Å²) in [4.78, 5) is -0.119. The third-order valence-corrected chi connectivity index (χ3v) is 4.48. The molecule has 1 aromatic carbocycles. The first-order chi connectivity index (χ1) is 9.94. The summed E-state index contributed by atoms with van der Waals surface area (Å²) in [5, 5.41) is 7.43. The van der Waals surface area contributed by atoms with Gasteiger partial charge in [-0.05, 0) is 36.8 Å². The molecule has 1 heterocycles. The first-order valence-electron chi connectivity index (χ1n) is 6.19. The van der Waals surface area contributed by atoms with E-state index in [9.17, 15) is 12.8 Å². The van der Waals surface area contributed by atoms with E-state index in [2.05, 4.69) is 14.9 Å². The van der Waals surface area contributed by atoms with E-state index >= 15 is 0 Å². The van der Waals surface area contributed by atoms with Crippen LogP contribution in [0.3, 0.4) is 0 Å². The van der Waals surface area contributed by atoms with Gasteiger partial charge >= 0.3 is 0 Å². The number of hydrogen-bond donors (Lipinski definition) is 2. The highest BCUT2D eigenvalue weighted by molar-refractivity contribution is 7.89. The SMILES string of the molecule is Cc1c(F)cc(CN)cc1S(=O)(=O)NCc1cccnn1. The molecule has 0 aliphatic rings. The van der Waals surface area contributed by atoms with Crippen molar-refractivity contribution in [3.05, 3.63) is 53.1 Å². The van der Waals surface area contributed by atoms with Gasteiger partial charge in [0.05, 0.1) is 17.1 Å². The van der Waals surface area contributed by atoms with Gasteiger partial charge in [-0.1, -0.05) is 0 Å². The van der Waals surface area contributed by atoms with Gasteiger partial charge < -0.3 is 5.73 Å². The monoisotopic (exact) mass is 310 g/mol. The molecular weight excluding hydrogens is 295 g/mol. The van der Waals surface area contributed by atoms with E-state index < -0.39 is 15.8 Å². The van der Waals surface area contributed by atoms with Crippen LogP contribution in [0.5, 0.6) is 0 Å². The minimum absolute atomic E-state index is 0.0237. The van der Waals surface area contributed by atoms with Gasteiger partial charge in [-0.15, -0.1) is 0 Å². The molecule has 2 aromatic rings. The van der Waals surface area contributed by atoms with Crippen molar-refractivity contribution in [1.29, 1.82) is 0 Å². The fraction of sp³-hybridized carbons (Fsp3) is 0.231. The van der Waals surface area contributed by atoms with Gasteiger partial charge in [-0.3, -0.25) is 0 Å². The van der Waals surface area contributed by atoms with Crippen molar-refractivity contribution in [2.24, 2.45) is 5.73 Å². The van der Waals surface area contributed by atoms with Crippen LogP contribution < -0.4 is 10.5 Å². The smallest absolute Gasteiger partial charge is 0.241 e. The molecule has 0 aliphatic heterocycles. The first-order valence-corrected chi connectivity index (χ1v) is 7.67. The number of nitrogens with one attached hydrogen (secondary N) is 1. The quantitative estimate of drug-likeness (QED) is 0.853. The lowest BCUT2D eigenvalue weighted by atomic mass is 10.1. The van der Waals surface area contributed by atoms with Crippen LogP contribution in [0.15, 0.2) is 35.4 Å². The lowest BCUT2D eigenvalue weighted by molar-refractivity contribution is 0.572. The Kier molecular flexibility index (Phi) is 4.61. The molecule has 0 amide bonds. The van der Waals surface area contributed by atoms with Crippen molar-refractivity contribution in [3.63, 3.8) is 0 Å². The van der Waals surface area contributed by atoms with Crippen LogP contribution in [-0.2, 0) is 23.1 Å². The van der Waals surface area contributed by atoms with Gasteiger partial charge in [-0.2, -0.15) is 10.2 Å². The van der Waals surface area contributed by atoms with Crippen molar-refractivity contribution in [1.82, 2.24) is 14.9 Å². The molecule has 0 spiro atoms. The summed E-state index contributed by atoms with van der Waals surface area (Å²) in [6.07, 6.45) is 1.49. The molecule has 0 bridgehead atoms. The molecule has 2 rings (SSSR count). The molecular formula is C13H15FN4O2S. The molecule has 0 atom stereocenters. The molecule has 21 heavy (non-hydrogen) atoms. The highest BCUT2D eigenvalue weighted by atomic mass is 32.2. The standard InChI is InChI=1S/C13H15FN4O2S/c1-9-12(14)5-10(7-15)6-13(9)21(19,20)17-8-11-3-2-4-16-18-11/h2-6,17H,7-8,15H2,1H3. The lowest BCUT2D eigenvalue weighted by Crippen LogP contribution is -2.25. The Balaban J connectivity index is 2.29. The second-order valence-electron chi connectivity index (χ2n) is 4.44. The van der Waals surface area contributed by atoms with E-state index in [0.29, 0.717) is 11.3 Å². The zero-order chi connectivity index (χ0) is 15.5. The normalized spacial score (nSPS) is 11.6. The molecule has 0 fully saturated rings. The highest BCUT2D eigenvalue weighted by Gasteiger charge is 2.20. The number of nitrogens with zero attached hydrogens (tertiary/aromatic N) is 2. The van der Waals surface area contributed by atoms with Gasteiger partial charge in [0.15, 0.2) is 0 Å². The number of halogens is 1. The van der Waals surface area contributed by atoms with Gasteiger partial charge in [0.2, 0.25) is 10.0 Å². The summed E-state index contributed by atoms with van der Waals surface area (Å²) >= 11 is 0. The second-order valence-corrected chi connectivity index (χ2v) is 6.18. The summed E-state index contributed by atoms with van der Waals surface area (Å²) in [6, 6.07) is 5.89. The Hall–Kier alpha value is -1.90. The summed E-state index contributed by atoms with van der Waals surface area (Å²) in [5.74, 6) is -0.599. The average Bonchev–Trinajstić information content (AvgIpc) is 2.48. The topological polar surface area (TPSA) is 98.0 Å². The molecule has 0 unspecified atom stereocenters. The zero-order valence-corrected chi connectivity index (χ0v) is 12.2. The fourth-order valence-corrected chi connectivity index (χ4v) is 3.08. The van der Waals surface area contributed by atoms with Crippen LogP contribution >= 0.6 is 0 Å². The molecule has 0 saturated heterocycles. The summed E-state index contributed by atoms with van der Waals surface area (Å²) in [5.41, 5.74) is 6.38. The van der Waals surface area contributed by atoms with Crippen molar-refractivity contribution in [3.8, 4) is 0 Å². The minimum atomic E-state index is -3.86. The van der Waals surface area contributed by atoms with E-state index in [0.717, 1.165) is 0 Å². The number of hydrogen-bond acceptors (Lipinski definition) is 5. The summed E-state index contributed by atoms with van der Waals surface area (Å²) in [6.45, 7) is 1.44. The van der Waals surface area contributed by atoms with E-state index in [1.165, 1.54) is 25.3 Å². The number of rotatable bonds is 5. The Labute approximate surface area is 122 Å². The van der Waals surface area contributed by atoms with Crippen molar-refractivity contribution in [2.75, 3.05) is 0 Å². The molecule has 0 aliphatic carbocycles. The van der Waals surface area contributed by atoms with Crippen molar-refractivity contribution in [2.45, 2.75) is 24.9 Å². The first kappa shape index (κ1) is 15.5. The Morgan fingerprint density at radius 1 is 1.38 bits per heavy atom. The minimum Gasteiger partial charge on any atom is -0.326 e. The molecule has 0 saturated carbocycles. The number of aromatic nitrogens is 2. The lowest BCUT2D eigenvalue weighted by Gasteiger charge is -2.11. The second kappa shape index (κ2) is 6.25. The third kappa shape index (κ3) is 3.60. The molecule has 1 aromatic heterocycles. The van der Waals surface area contributed by atoms with Gasteiger partial charge in [0.25, 0.3) is 0 Å². The third-order valence-electron chi connectivity index (χ3n) is 2.95. The van der Waals surface area contributed by atoms with Crippen LogP contribution in [-0.4, -0.2) is 18.6 Å². The number of benzene rings is 1. The van der Waals surface area contributed by atoms with E-state index in [4.69, 9.17) is 5.73 Å². The zero-order valence-electron chi connectivity index (χ0n) is 11.4. The van der Waals surface area contributed by atoms with Crippen LogP contribution in [0.4, 0.5) is 4.39 Å². The molecule has 112 valence electrons. The fourth-order valence-electron chi connectivity index (χ4n) is 1.78. The largest absolute Gasteiger partial charge is 0.326 e. The van der Waals surface area contributed by atoms with E-state index in [1.807, 2.05) is 0 Å². The van der Waals surface area contributed by atoms with Crippen LogP contribution in [0.2, 0.25) is 0 Å². The van der Waals surface area contributed by atoms with Gasteiger partial charge in [0.1, 0.15) is 5.82 Å². The predicted molar refractivity (Wildman–Crippen MR) is 75.1 cm³/mol. The van der Waals surface area contributed by atoms with E-state index in [1.54, 1.807) is 12.1 Å². The maximum Gasteiger partial charge on any atom is 0.241 e. The Morgan fingerprint density at radius 2 is 2.14 bits per heavy atom. The van der Waals surface area contributed by atoms with Gasteiger partial charge in [0, 0.05) is 18.3 Å². The van der Waals surface area contributed by atoms with Gasteiger partial charge in [-0.25, -0.2) is 17.5 Å². The average molecular weight is 310 g/mol. The maximum absolute atomic E-state index is 13.8. The number of sulfonamides is 1. The van der Waals surface area contributed by atoms with Crippen LogP contribution in [0, 0.1) is 12.7 Å². The predicted octanol–water partition coefficient (Wildman–Crippen LogP) is 0.861. The van der Waals surface area contributed by atoms with Crippen molar-refractivity contribution < 1.29 is 12.8 Å². The van der Waals surface area contributed by atoms with E-state index in [-0.39, 0.29) is 23.5 Å². The van der Waals surface area contributed by atoms with Crippen LogP contribution in [0.1, 0.15) is 16.8 Å². The Morgan fingerprint density at radius 3 is 2.76 bits per heavy atom. The maximum atomic E-state index is 13.8. The van der Waals surface area contributed by atoms with Crippen LogP contribution in [0.25, 0.3) is 0 Å². The number of nitrogens with two attached hydrogens (primary N) is 1. The molecule has 3 N–H and O–H groups in total. The van der Waals surface area contributed by atoms with Crippen molar-refractivity contribution >= 4 is 10.0 Å². The summed E-state index contributed by atoms with van der Waals surface area (Å²) in [7, 11) is -3.86. The molecule has 8 heteroatoms. The Bertz CT molecular complexity index is 735. The summed E-state index contributed by atoms with van der Waals surface area (Å²) < 4.78 is 40.7. The molecule has 0 radical (unpaired) electrons. The molecule has 6 nitrogen and oxygen atoms in total.